The van der Waals surface area contributed by atoms with E-state index in [1.165, 1.54) is 23.1 Å². The van der Waals surface area contributed by atoms with Gasteiger partial charge in [-0.05, 0) is 37.1 Å². The van der Waals surface area contributed by atoms with Crippen LogP contribution in [0.15, 0.2) is 24.5 Å². The van der Waals surface area contributed by atoms with Crippen LogP contribution in [-0.4, -0.2) is 15.7 Å². The van der Waals surface area contributed by atoms with E-state index in [4.69, 9.17) is 11.5 Å². The Labute approximate surface area is 110 Å². The van der Waals surface area contributed by atoms with Crippen LogP contribution in [0.3, 0.4) is 0 Å². The van der Waals surface area contributed by atoms with Crippen LogP contribution < -0.4 is 11.5 Å². The number of hydrogen-bond donors (Lipinski definition) is 2. The summed E-state index contributed by atoms with van der Waals surface area (Å²) in [7, 11) is 0. The third-order valence-electron chi connectivity index (χ3n) is 2.91. The number of aromatic nitrogens is 2. The van der Waals surface area contributed by atoms with Gasteiger partial charge in [-0.1, -0.05) is 0 Å². The van der Waals surface area contributed by atoms with Crippen LogP contribution in [0.5, 0.6) is 0 Å². The number of halogens is 1. The summed E-state index contributed by atoms with van der Waals surface area (Å²) in [6.07, 6.45) is 2.87. The number of primary amides is 1. The number of nitrogens with zero attached hydrogens (tertiary/aromatic N) is 2. The molecule has 5 nitrogen and oxygen atoms in total. The number of amides is 1. The largest absolute Gasteiger partial charge is 0.366 e. The van der Waals surface area contributed by atoms with Crippen molar-refractivity contribution in [2.45, 2.75) is 19.9 Å². The molecule has 2 rings (SSSR count). The van der Waals surface area contributed by atoms with E-state index in [0.717, 1.165) is 0 Å². The first-order chi connectivity index (χ1) is 8.90. The van der Waals surface area contributed by atoms with Gasteiger partial charge in [0.05, 0.1) is 17.4 Å². The molecule has 19 heavy (non-hydrogen) atoms. The quantitative estimate of drug-likeness (QED) is 0.877. The highest BCUT2D eigenvalue weighted by molar-refractivity contribution is 5.92. The average molecular weight is 262 g/mol. The van der Waals surface area contributed by atoms with Crippen LogP contribution in [-0.2, 0) is 0 Å². The monoisotopic (exact) mass is 262 g/mol. The molecule has 1 aromatic heterocycles. The molecule has 0 aliphatic carbocycles. The Morgan fingerprint density at radius 2 is 2.16 bits per heavy atom. The SMILES string of the molecule is Cc1cc(-n2cc(C(N)=O)cn2)c([C@H](C)N)cc1F. The molecule has 6 heteroatoms. The van der Waals surface area contributed by atoms with Gasteiger partial charge in [-0.15, -0.1) is 0 Å². The molecule has 100 valence electrons. The third-order valence-corrected chi connectivity index (χ3v) is 2.91. The minimum atomic E-state index is -0.563. The zero-order valence-electron chi connectivity index (χ0n) is 10.7. The summed E-state index contributed by atoms with van der Waals surface area (Å²) in [4.78, 5) is 11.1. The first-order valence-corrected chi connectivity index (χ1v) is 5.80. The molecule has 0 spiro atoms. The van der Waals surface area contributed by atoms with Gasteiger partial charge in [0, 0.05) is 12.2 Å². The lowest BCUT2D eigenvalue weighted by molar-refractivity contribution is 0.100. The van der Waals surface area contributed by atoms with Gasteiger partial charge in [0.1, 0.15) is 5.82 Å². The molecule has 1 aromatic carbocycles. The fraction of sp³-hybridized carbons (Fsp3) is 0.231. The molecule has 1 heterocycles. The van der Waals surface area contributed by atoms with Crippen molar-refractivity contribution in [1.82, 2.24) is 9.78 Å². The van der Waals surface area contributed by atoms with Crippen molar-refractivity contribution >= 4 is 5.91 Å². The summed E-state index contributed by atoms with van der Waals surface area (Å²) in [5, 5.41) is 4.06. The highest BCUT2D eigenvalue weighted by Crippen LogP contribution is 2.23. The molecule has 0 fully saturated rings. The lowest BCUT2D eigenvalue weighted by Gasteiger charge is -2.14. The Balaban J connectivity index is 2.59. The summed E-state index contributed by atoms with van der Waals surface area (Å²) in [5.74, 6) is -0.884. The van der Waals surface area contributed by atoms with E-state index in [1.807, 2.05) is 0 Å². The molecule has 0 saturated heterocycles. The van der Waals surface area contributed by atoms with E-state index in [9.17, 15) is 9.18 Å². The second-order valence-electron chi connectivity index (χ2n) is 4.49. The number of nitrogens with two attached hydrogens (primary N) is 2. The standard InChI is InChI=1S/C13H15FN4O/c1-7-3-12(10(8(2)15)4-11(7)14)18-6-9(5-17-18)13(16)19/h3-6,8H,15H2,1-2H3,(H2,16,19)/t8-/m0/s1. The molecule has 0 bridgehead atoms. The van der Waals surface area contributed by atoms with Gasteiger partial charge in [-0.2, -0.15) is 5.10 Å². The summed E-state index contributed by atoms with van der Waals surface area (Å²) in [6, 6.07) is 2.68. The highest BCUT2D eigenvalue weighted by atomic mass is 19.1. The maximum Gasteiger partial charge on any atom is 0.251 e. The number of carbonyl (C=O) groups excluding carboxylic acids is 1. The molecule has 1 atom stereocenters. The van der Waals surface area contributed by atoms with Crippen LogP contribution in [0.25, 0.3) is 5.69 Å². The van der Waals surface area contributed by atoms with Gasteiger partial charge in [-0.3, -0.25) is 4.79 Å². The third kappa shape index (κ3) is 2.48. The van der Waals surface area contributed by atoms with Crippen molar-refractivity contribution in [3.05, 3.63) is 47.0 Å². The molecule has 0 aliphatic heterocycles. The Morgan fingerprint density at radius 1 is 1.47 bits per heavy atom. The minimum Gasteiger partial charge on any atom is -0.366 e. The van der Waals surface area contributed by atoms with Crippen molar-refractivity contribution in [3.63, 3.8) is 0 Å². The Bertz CT molecular complexity index is 634. The van der Waals surface area contributed by atoms with E-state index in [0.29, 0.717) is 16.8 Å². The van der Waals surface area contributed by atoms with Crippen molar-refractivity contribution in [1.29, 1.82) is 0 Å². The summed E-state index contributed by atoms with van der Waals surface area (Å²) in [6.45, 7) is 3.41. The van der Waals surface area contributed by atoms with E-state index in [1.54, 1.807) is 19.9 Å². The fourth-order valence-corrected chi connectivity index (χ4v) is 1.83. The Kier molecular flexibility index (Phi) is 3.35. The normalized spacial score (nSPS) is 12.4. The molecule has 0 saturated carbocycles. The molecule has 0 unspecified atom stereocenters. The van der Waals surface area contributed by atoms with E-state index in [2.05, 4.69) is 5.10 Å². The molecule has 1 amide bonds. The van der Waals surface area contributed by atoms with Gasteiger partial charge < -0.3 is 11.5 Å². The van der Waals surface area contributed by atoms with Crippen LogP contribution >= 0.6 is 0 Å². The molecule has 2 aromatic rings. The van der Waals surface area contributed by atoms with Crippen LogP contribution in [0.1, 0.15) is 34.5 Å². The molecule has 0 radical (unpaired) electrons. The summed E-state index contributed by atoms with van der Waals surface area (Å²) >= 11 is 0. The highest BCUT2D eigenvalue weighted by Gasteiger charge is 2.14. The molecule has 0 aliphatic rings. The summed E-state index contributed by atoms with van der Waals surface area (Å²) in [5.41, 5.74) is 13.0. The van der Waals surface area contributed by atoms with Gasteiger partial charge >= 0.3 is 0 Å². The number of aryl methyl sites for hydroxylation is 1. The van der Waals surface area contributed by atoms with E-state index >= 15 is 0 Å². The lowest BCUT2D eigenvalue weighted by atomic mass is 10.0. The van der Waals surface area contributed by atoms with Crippen LogP contribution in [0, 0.1) is 12.7 Å². The number of rotatable bonds is 3. The zero-order valence-corrected chi connectivity index (χ0v) is 10.7. The first kappa shape index (κ1) is 13.2. The number of carbonyl (C=O) groups is 1. The second-order valence-corrected chi connectivity index (χ2v) is 4.49. The van der Waals surface area contributed by atoms with E-state index < -0.39 is 5.91 Å². The predicted molar refractivity (Wildman–Crippen MR) is 69.4 cm³/mol. The Hall–Kier alpha value is -2.21. The number of hydrogen-bond acceptors (Lipinski definition) is 3. The van der Waals surface area contributed by atoms with Crippen LogP contribution in [0.2, 0.25) is 0 Å². The Morgan fingerprint density at radius 3 is 2.68 bits per heavy atom. The molecular formula is C13H15FN4O. The van der Waals surface area contributed by atoms with Gasteiger partial charge in [0.25, 0.3) is 5.91 Å². The second kappa shape index (κ2) is 4.81. The predicted octanol–water partition coefficient (Wildman–Crippen LogP) is 1.44. The number of benzene rings is 1. The van der Waals surface area contributed by atoms with Crippen LogP contribution in [0.4, 0.5) is 4.39 Å². The fourth-order valence-electron chi connectivity index (χ4n) is 1.83. The van der Waals surface area contributed by atoms with E-state index in [-0.39, 0.29) is 17.4 Å². The van der Waals surface area contributed by atoms with Gasteiger partial charge in [0.15, 0.2) is 0 Å². The van der Waals surface area contributed by atoms with Crippen molar-refractivity contribution in [2.24, 2.45) is 11.5 Å². The topological polar surface area (TPSA) is 86.9 Å². The minimum absolute atomic E-state index is 0.289. The van der Waals surface area contributed by atoms with Crippen molar-refractivity contribution < 1.29 is 9.18 Å². The molecular weight excluding hydrogens is 247 g/mol. The van der Waals surface area contributed by atoms with Crippen molar-refractivity contribution in [2.75, 3.05) is 0 Å². The first-order valence-electron chi connectivity index (χ1n) is 5.80. The molecule has 4 N–H and O–H groups in total. The maximum absolute atomic E-state index is 13.6. The lowest BCUT2D eigenvalue weighted by Crippen LogP contribution is -2.12. The van der Waals surface area contributed by atoms with Gasteiger partial charge in [0.2, 0.25) is 0 Å². The van der Waals surface area contributed by atoms with Crippen molar-refractivity contribution in [3.8, 4) is 5.69 Å². The maximum atomic E-state index is 13.6. The smallest absolute Gasteiger partial charge is 0.251 e. The average Bonchev–Trinajstić information content (AvgIpc) is 2.81. The zero-order chi connectivity index (χ0) is 14.2. The summed E-state index contributed by atoms with van der Waals surface area (Å²) < 4.78 is 15.1. The van der Waals surface area contributed by atoms with Gasteiger partial charge in [-0.25, -0.2) is 9.07 Å².